The van der Waals surface area contributed by atoms with Crippen LogP contribution in [0.5, 0.6) is 0 Å². The molecule has 0 atom stereocenters. The molecule has 1 aliphatic heterocycles. The first-order valence-electron chi connectivity index (χ1n) is 11.7. The molecule has 0 aliphatic carbocycles. The van der Waals surface area contributed by atoms with Gasteiger partial charge in [-0.25, -0.2) is 4.79 Å². The molecule has 170 valence electrons. The van der Waals surface area contributed by atoms with E-state index in [0.717, 1.165) is 43.6 Å². The third kappa shape index (κ3) is 6.56. The van der Waals surface area contributed by atoms with Crippen molar-refractivity contribution in [2.75, 3.05) is 19.6 Å². The Kier molecular flexibility index (Phi) is 7.59. The van der Waals surface area contributed by atoms with E-state index in [1.54, 1.807) is 0 Å². The zero-order chi connectivity index (χ0) is 22.9. The minimum absolute atomic E-state index is 0.118. The number of nitrogens with zero attached hydrogens (tertiary/aromatic N) is 1. The molecule has 0 bridgehead atoms. The molecule has 0 aromatic heterocycles. The second-order valence-corrected chi connectivity index (χ2v) is 9.03. The van der Waals surface area contributed by atoms with Gasteiger partial charge in [0.25, 0.3) is 0 Å². The molecule has 1 fully saturated rings. The molecular weight excluding hydrogens is 406 g/mol. The van der Waals surface area contributed by atoms with E-state index in [1.807, 2.05) is 42.5 Å². The van der Waals surface area contributed by atoms with Crippen LogP contribution in [0, 0.1) is 0 Å². The van der Waals surface area contributed by atoms with Gasteiger partial charge in [0.2, 0.25) is 0 Å². The minimum Gasteiger partial charge on any atom is -0.333 e. The van der Waals surface area contributed by atoms with Crippen LogP contribution in [0.25, 0.3) is 6.08 Å². The normalized spacial score (nSPS) is 16.1. The molecule has 3 aromatic carbocycles. The number of likely N-dealkylation sites (tertiary alicyclic amines) is 1. The summed E-state index contributed by atoms with van der Waals surface area (Å²) in [6.07, 6.45) is 6.26. The van der Waals surface area contributed by atoms with Gasteiger partial charge in [-0.05, 0) is 36.5 Å². The van der Waals surface area contributed by atoms with Gasteiger partial charge < -0.3 is 10.6 Å². The highest BCUT2D eigenvalue weighted by Crippen LogP contribution is 2.24. The molecule has 0 unspecified atom stereocenters. The lowest BCUT2D eigenvalue weighted by Crippen LogP contribution is -2.56. The van der Waals surface area contributed by atoms with E-state index in [1.165, 1.54) is 5.56 Å². The van der Waals surface area contributed by atoms with Crippen molar-refractivity contribution in [2.45, 2.75) is 31.3 Å². The van der Waals surface area contributed by atoms with E-state index in [-0.39, 0.29) is 17.6 Å². The van der Waals surface area contributed by atoms with Gasteiger partial charge in [0, 0.05) is 25.2 Å². The van der Waals surface area contributed by atoms with Gasteiger partial charge in [-0.3, -0.25) is 4.90 Å². The Labute approximate surface area is 197 Å². The second-order valence-electron chi connectivity index (χ2n) is 9.03. The summed E-state index contributed by atoms with van der Waals surface area (Å²) in [5.74, 6) is 0. The number of piperidine rings is 1. The van der Waals surface area contributed by atoms with Crippen molar-refractivity contribution in [3.63, 3.8) is 0 Å². The van der Waals surface area contributed by atoms with Gasteiger partial charge in [-0.1, -0.05) is 103 Å². The van der Waals surface area contributed by atoms with E-state index in [2.05, 4.69) is 83.1 Å². The second kappa shape index (κ2) is 11.0. The first-order chi connectivity index (χ1) is 16.1. The van der Waals surface area contributed by atoms with E-state index in [9.17, 15) is 4.79 Å². The van der Waals surface area contributed by atoms with Crippen LogP contribution in [0.15, 0.2) is 97.1 Å². The Bertz CT molecular complexity index is 987. The van der Waals surface area contributed by atoms with Crippen molar-refractivity contribution in [3.8, 4) is 0 Å². The van der Waals surface area contributed by atoms with E-state index in [0.29, 0.717) is 0 Å². The number of nitrogens with one attached hydrogen (secondary N) is 2. The summed E-state index contributed by atoms with van der Waals surface area (Å²) in [7, 11) is 0. The molecule has 4 heteroatoms. The maximum atomic E-state index is 13.0. The quantitative estimate of drug-likeness (QED) is 0.500. The smallest absolute Gasteiger partial charge is 0.315 e. The fraction of sp³-hybridized carbons (Fsp3) is 0.276. The highest BCUT2D eigenvalue weighted by atomic mass is 16.2. The van der Waals surface area contributed by atoms with Crippen LogP contribution in [-0.2, 0) is 0 Å². The van der Waals surface area contributed by atoms with Crippen LogP contribution in [0.3, 0.4) is 0 Å². The van der Waals surface area contributed by atoms with Crippen molar-refractivity contribution in [1.82, 2.24) is 15.5 Å². The summed E-state index contributed by atoms with van der Waals surface area (Å²) >= 11 is 0. The molecule has 2 amide bonds. The Morgan fingerprint density at radius 2 is 1.39 bits per heavy atom. The van der Waals surface area contributed by atoms with Crippen LogP contribution < -0.4 is 10.6 Å². The van der Waals surface area contributed by atoms with Crippen LogP contribution >= 0.6 is 0 Å². The lowest BCUT2D eigenvalue weighted by Gasteiger charge is -2.40. The maximum absolute atomic E-state index is 13.0. The highest BCUT2D eigenvalue weighted by molar-refractivity contribution is 5.76. The largest absolute Gasteiger partial charge is 0.333 e. The Morgan fingerprint density at radius 3 is 1.94 bits per heavy atom. The van der Waals surface area contributed by atoms with Crippen LogP contribution in [0.1, 0.15) is 42.5 Å². The molecule has 1 saturated heterocycles. The summed E-state index contributed by atoms with van der Waals surface area (Å²) in [6.45, 7) is 5.03. The average molecular weight is 440 g/mol. The number of hydrogen-bond acceptors (Lipinski definition) is 2. The van der Waals surface area contributed by atoms with E-state index in [4.69, 9.17) is 0 Å². The van der Waals surface area contributed by atoms with Crippen molar-refractivity contribution >= 4 is 12.1 Å². The Balaban J connectivity index is 1.32. The van der Waals surface area contributed by atoms with E-state index >= 15 is 0 Å². The molecule has 33 heavy (non-hydrogen) atoms. The molecule has 0 spiro atoms. The Morgan fingerprint density at radius 1 is 0.879 bits per heavy atom. The summed E-state index contributed by atoms with van der Waals surface area (Å²) in [4.78, 5) is 15.5. The first kappa shape index (κ1) is 22.8. The number of amides is 2. The predicted molar refractivity (Wildman–Crippen MR) is 136 cm³/mol. The molecule has 1 aliphatic rings. The molecule has 2 N–H and O–H groups in total. The van der Waals surface area contributed by atoms with Gasteiger partial charge in [-0.15, -0.1) is 0 Å². The lowest BCUT2D eigenvalue weighted by molar-refractivity contribution is 0.157. The van der Waals surface area contributed by atoms with Gasteiger partial charge in [0.1, 0.15) is 0 Å². The predicted octanol–water partition coefficient (Wildman–Crippen LogP) is 5.64. The molecule has 3 aromatic rings. The zero-order valence-electron chi connectivity index (χ0n) is 19.3. The number of carbonyl (C=O) groups is 1. The number of rotatable bonds is 7. The van der Waals surface area contributed by atoms with Crippen molar-refractivity contribution < 1.29 is 4.79 Å². The topological polar surface area (TPSA) is 44.4 Å². The van der Waals surface area contributed by atoms with Crippen molar-refractivity contribution in [1.29, 1.82) is 0 Å². The first-order valence-corrected chi connectivity index (χ1v) is 11.7. The van der Waals surface area contributed by atoms with Crippen LogP contribution in [0.4, 0.5) is 4.79 Å². The third-order valence-corrected chi connectivity index (χ3v) is 6.39. The summed E-state index contributed by atoms with van der Waals surface area (Å²) < 4.78 is 0. The molecule has 0 saturated carbocycles. The van der Waals surface area contributed by atoms with Crippen LogP contribution in [-0.4, -0.2) is 36.1 Å². The maximum Gasteiger partial charge on any atom is 0.315 e. The monoisotopic (exact) mass is 439 g/mol. The SMILES string of the molecule is CC1(NC(=O)NC(c2ccccc2)c2ccccc2)CCN(C/C=C/c2ccccc2)CC1. The average Bonchev–Trinajstić information content (AvgIpc) is 2.85. The van der Waals surface area contributed by atoms with Gasteiger partial charge in [0.15, 0.2) is 0 Å². The van der Waals surface area contributed by atoms with Crippen LogP contribution in [0.2, 0.25) is 0 Å². The fourth-order valence-electron chi connectivity index (χ4n) is 4.35. The number of benzene rings is 3. The van der Waals surface area contributed by atoms with Crippen molar-refractivity contribution in [2.24, 2.45) is 0 Å². The molecule has 1 heterocycles. The minimum atomic E-state index is -0.207. The Hall–Kier alpha value is -3.37. The summed E-state index contributed by atoms with van der Waals surface area (Å²) in [5, 5.41) is 6.48. The zero-order valence-corrected chi connectivity index (χ0v) is 19.3. The van der Waals surface area contributed by atoms with Gasteiger partial charge in [-0.2, -0.15) is 0 Å². The lowest BCUT2D eigenvalue weighted by atomic mass is 9.89. The van der Waals surface area contributed by atoms with Gasteiger partial charge >= 0.3 is 6.03 Å². The molecule has 0 radical (unpaired) electrons. The van der Waals surface area contributed by atoms with Crippen molar-refractivity contribution in [3.05, 3.63) is 114 Å². The molecular formula is C29H33N3O. The number of urea groups is 1. The summed E-state index contributed by atoms with van der Waals surface area (Å²) in [6, 6.07) is 30.3. The highest BCUT2D eigenvalue weighted by Gasteiger charge is 2.31. The number of carbonyl (C=O) groups excluding carboxylic acids is 1. The fourth-order valence-corrected chi connectivity index (χ4v) is 4.35. The van der Waals surface area contributed by atoms with Gasteiger partial charge in [0.05, 0.1) is 6.04 Å². The summed E-state index contributed by atoms with van der Waals surface area (Å²) in [5.41, 5.74) is 3.17. The number of hydrogen-bond donors (Lipinski definition) is 2. The third-order valence-electron chi connectivity index (χ3n) is 6.39. The molecule has 4 nitrogen and oxygen atoms in total. The standard InChI is InChI=1S/C29H33N3O/c1-29(19-22-32(23-20-29)21-11-14-24-12-5-2-6-13-24)31-28(33)30-27(25-15-7-3-8-16-25)26-17-9-4-10-18-26/h2-18,27H,19-23H2,1H3,(H2,30,31,33)/b14-11+. The van der Waals surface area contributed by atoms with E-state index < -0.39 is 0 Å². The molecule has 4 rings (SSSR count).